The van der Waals surface area contributed by atoms with Crippen molar-refractivity contribution in [1.82, 2.24) is 10.1 Å². The van der Waals surface area contributed by atoms with Crippen molar-refractivity contribution in [1.29, 1.82) is 0 Å². The molecule has 1 aromatic heterocycles. The third-order valence-electron chi connectivity index (χ3n) is 2.62. The van der Waals surface area contributed by atoms with Crippen LogP contribution in [0.25, 0.3) is 11.4 Å². The van der Waals surface area contributed by atoms with E-state index in [1.54, 1.807) is 30.5 Å². The van der Waals surface area contributed by atoms with Crippen LogP contribution in [-0.2, 0) is 17.4 Å². The van der Waals surface area contributed by atoms with Crippen molar-refractivity contribution < 1.29 is 22.5 Å². The zero-order chi connectivity index (χ0) is 15.3. The Morgan fingerprint density at radius 3 is 2.57 bits per heavy atom. The van der Waals surface area contributed by atoms with Gasteiger partial charge in [-0.05, 0) is 18.4 Å². The van der Waals surface area contributed by atoms with Gasteiger partial charge in [0.05, 0.1) is 0 Å². The number of benzene rings is 1. The summed E-state index contributed by atoms with van der Waals surface area (Å²) in [6.45, 7) is 0. The van der Waals surface area contributed by atoms with Crippen molar-refractivity contribution in [2.24, 2.45) is 5.16 Å². The van der Waals surface area contributed by atoms with Gasteiger partial charge in [-0.15, -0.1) is 0 Å². The molecule has 0 bridgehead atoms. The van der Waals surface area contributed by atoms with E-state index in [-0.39, 0.29) is 5.82 Å². The van der Waals surface area contributed by atoms with E-state index in [0.29, 0.717) is 12.0 Å². The maximum atomic E-state index is 12.4. The van der Waals surface area contributed by atoms with Crippen molar-refractivity contribution >= 4 is 6.21 Å². The van der Waals surface area contributed by atoms with E-state index in [1.165, 1.54) is 7.11 Å². The number of aromatic nitrogens is 2. The summed E-state index contributed by atoms with van der Waals surface area (Å²) in [5, 5.41) is 6.94. The minimum Gasteiger partial charge on any atom is -0.399 e. The van der Waals surface area contributed by atoms with E-state index in [2.05, 4.69) is 24.7 Å². The summed E-state index contributed by atoms with van der Waals surface area (Å²) >= 11 is 0. The Hall–Kier alpha value is -2.38. The monoisotopic (exact) mass is 299 g/mol. The van der Waals surface area contributed by atoms with Gasteiger partial charge in [0.1, 0.15) is 7.11 Å². The highest BCUT2D eigenvalue weighted by Gasteiger charge is 2.38. The van der Waals surface area contributed by atoms with Gasteiger partial charge in [0.25, 0.3) is 0 Å². The number of alkyl halides is 3. The first kappa shape index (κ1) is 15.0. The van der Waals surface area contributed by atoms with E-state index in [4.69, 9.17) is 0 Å². The molecule has 0 N–H and O–H groups in total. The summed E-state index contributed by atoms with van der Waals surface area (Å²) in [7, 11) is 1.46. The summed E-state index contributed by atoms with van der Waals surface area (Å²) in [4.78, 5) is 7.86. The fourth-order valence-corrected chi connectivity index (χ4v) is 1.63. The predicted molar refractivity (Wildman–Crippen MR) is 68.6 cm³/mol. The standard InChI is InChI=1S/C13H12F3N3O2/c1-20-17-8-2-3-9-4-6-10(7-5-9)11-18-12(21-19-11)13(14,15)16/h4-8H,2-3H2,1H3. The lowest BCUT2D eigenvalue weighted by Crippen LogP contribution is -2.04. The number of hydrogen-bond acceptors (Lipinski definition) is 5. The highest BCUT2D eigenvalue weighted by atomic mass is 19.4. The van der Waals surface area contributed by atoms with Crippen LogP contribution in [0.5, 0.6) is 0 Å². The number of halogens is 3. The van der Waals surface area contributed by atoms with Crippen LogP contribution in [0, 0.1) is 0 Å². The molecule has 8 heteroatoms. The van der Waals surface area contributed by atoms with E-state index >= 15 is 0 Å². The number of nitrogens with zero attached hydrogens (tertiary/aromatic N) is 3. The lowest BCUT2D eigenvalue weighted by Gasteiger charge is -1.99. The van der Waals surface area contributed by atoms with Gasteiger partial charge in [-0.3, -0.25) is 0 Å². The van der Waals surface area contributed by atoms with Crippen LogP contribution in [-0.4, -0.2) is 23.5 Å². The molecular weight excluding hydrogens is 287 g/mol. The highest BCUT2D eigenvalue weighted by Crippen LogP contribution is 2.29. The Morgan fingerprint density at radius 1 is 1.29 bits per heavy atom. The fraction of sp³-hybridized carbons (Fsp3) is 0.308. The maximum Gasteiger partial charge on any atom is 0.471 e. The average Bonchev–Trinajstić information content (AvgIpc) is 2.94. The van der Waals surface area contributed by atoms with Crippen molar-refractivity contribution in [2.45, 2.75) is 19.0 Å². The first-order valence-electron chi connectivity index (χ1n) is 6.06. The van der Waals surface area contributed by atoms with Crippen molar-refractivity contribution in [2.75, 3.05) is 7.11 Å². The van der Waals surface area contributed by atoms with Crippen LogP contribution in [0.4, 0.5) is 13.2 Å². The van der Waals surface area contributed by atoms with Crippen molar-refractivity contribution in [3.63, 3.8) is 0 Å². The summed E-state index contributed by atoms with van der Waals surface area (Å²) in [6, 6.07) is 6.88. The van der Waals surface area contributed by atoms with Gasteiger partial charge in [-0.2, -0.15) is 18.2 Å². The normalized spacial score (nSPS) is 12.0. The first-order valence-corrected chi connectivity index (χ1v) is 6.06. The third-order valence-corrected chi connectivity index (χ3v) is 2.62. The summed E-state index contributed by atoms with van der Waals surface area (Å²) in [5.74, 6) is -1.44. The van der Waals surface area contributed by atoms with Crippen LogP contribution in [0.15, 0.2) is 33.9 Å². The first-order chi connectivity index (χ1) is 10.0. The minimum atomic E-state index is -4.63. The lowest BCUT2D eigenvalue weighted by atomic mass is 10.1. The van der Waals surface area contributed by atoms with Crippen LogP contribution in [0.1, 0.15) is 17.9 Å². The van der Waals surface area contributed by atoms with E-state index in [9.17, 15) is 13.2 Å². The quantitative estimate of drug-likeness (QED) is 0.627. The Morgan fingerprint density at radius 2 is 2.00 bits per heavy atom. The van der Waals surface area contributed by atoms with Gasteiger partial charge in [-0.1, -0.05) is 34.6 Å². The lowest BCUT2D eigenvalue weighted by molar-refractivity contribution is -0.159. The summed E-state index contributed by atoms with van der Waals surface area (Å²) in [5.41, 5.74) is 1.48. The van der Waals surface area contributed by atoms with E-state index in [1.807, 2.05) is 0 Å². The Balaban J connectivity index is 2.05. The van der Waals surface area contributed by atoms with Gasteiger partial charge in [0, 0.05) is 11.8 Å². The van der Waals surface area contributed by atoms with Gasteiger partial charge in [0.2, 0.25) is 5.82 Å². The Kier molecular flexibility index (Phi) is 4.56. The number of hydrogen-bond donors (Lipinski definition) is 0. The molecule has 0 aliphatic carbocycles. The van der Waals surface area contributed by atoms with Crippen molar-refractivity contribution in [3.05, 3.63) is 35.7 Å². The third kappa shape index (κ3) is 4.04. The molecule has 2 rings (SSSR count). The Bertz CT molecular complexity index is 606. The molecule has 0 unspecified atom stereocenters. The van der Waals surface area contributed by atoms with Gasteiger partial charge in [0.15, 0.2) is 0 Å². The van der Waals surface area contributed by atoms with Gasteiger partial charge < -0.3 is 9.36 Å². The van der Waals surface area contributed by atoms with Crippen LogP contribution >= 0.6 is 0 Å². The molecule has 0 radical (unpaired) electrons. The molecule has 1 aromatic carbocycles. The number of oxime groups is 1. The molecular formula is C13H12F3N3O2. The maximum absolute atomic E-state index is 12.4. The second-order valence-electron chi connectivity index (χ2n) is 4.13. The van der Waals surface area contributed by atoms with Crippen LogP contribution in [0.3, 0.4) is 0 Å². The summed E-state index contributed by atoms with van der Waals surface area (Å²) < 4.78 is 41.3. The second kappa shape index (κ2) is 6.38. The SMILES string of the molecule is CON=CCCc1ccc(-c2noc(C(F)(F)F)n2)cc1. The Labute approximate surface area is 118 Å². The molecule has 0 aliphatic rings. The molecule has 0 fully saturated rings. The largest absolute Gasteiger partial charge is 0.471 e. The molecule has 0 saturated heterocycles. The van der Waals surface area contributed by atoms with E-state index in [0.717, 1.165) is 12.0 Å². The minimum absolute atomic E-state index is 0.0881. The topological polar surface area (TPSA) is 60.5 Å². The predicted octanol–water partition coefficient (Wildman–Crippen LogP) is 3.32. The molecule has 0 spiro atoms. The fourth-order valence-electron chi connectivity index (χ4n) is 1.63. The molecule has 5 nitrogen and oxygen atoms in total. The molecule has 112 valence electrons. The van der Waals surface area contributed by atoms with Crippen LogP contribution < -0.4 is 0 Å². The van der Waals surface area contributed by atoms with E-state index < -0.39 is 12.1 Å². The second-order valence-corrected chi connectivity index (χ2v) is 4.13. The molecule has 2 aromatic rings. The molecule has 0 amide bonds. The van der Waals surface area contributed by atoms with Gasteiger partial charge >= 0.3 is 12.1 Å². The van der Waals surface area contributed by atoms with Gasteiger partial charge in [-0.25, -0.2) is 0 Å². The number of aryl methyl sites for hydroxylation is 1. The molecule has 1 heterocycles. The van der Waals surface area contributed by atoms with Crippen molar-refractivity contribution in [3.8, 4) is 11.4 Å². The summed E-state index contributed by atoms with van der Waals surface area (Å²) in [6.07, 6.45) is -1.55. The molecule has 0 atom stereocenters. The molecule has 0 aliphatic heterocycles. The zero-order valence-electron chi connectivity index (χ0n) is 11.1. The molecule has 21 heavy (non-hydrogen) atoms. The molecule has 0 saturated carbocycles. The smallest absolute Gasteiger partial charge is 0.399 e. The highest BCUT2D eigenvalue weighted by molar-refractivity contribution is 5.58. The van der Waals surface area contributed by atoms with Crippen LogP contribution in [0.2, 0.25) is 0 Å². The average molecular weight is 299 g/mol. The number of rotatable bonds is 5. The zero-order valence-corrected chi connectivity index (χ0v) is 11.1.